The topological polar surface area (TPSA) is 77.4 Å². The fourth-order valence-electron chi connectivity index (χ4n) is 3.48. The van der Waals surface area contributed by atoms with Crippen molar-refractivity contribution in [1.29, 1.82) is 0 Å². The highest BCUT2D eigenvalue weighted by atomic mass is 28.4. The van der Waals surface area contributed by atoms with E-state index in [4.69, 9.17) is 18.6 Å². The van der Waals surface area contributed by atoms with Gasteiger partial charge in [-0.1, -0.05) is 81.4 Å². The van der Waals surface area contributed by atoms with Crippen LogP contribution >= 0.6 is 0 Å². The Morgan fingerprint density at radius 1 is 0.818 bits per heavy atom. The van der Waals surface area contributed by atoms with Gasteiger partial charge in [0.25, 0.3) is 0 Å². The number of benzene rings is 2. The number of hydrogen-bond acceptors (Lipinski definition) is 6. The maximum atomic E-state index is 10.7. The standard InChI is InChI=1S/C26H38O6Si/c1-26(2,3)33(4,5)31-18-21-23(29-16-19-12-8-6-9-13-19)24(22(27)25(28)32-21)30-17-20-14-10-7-11-15-20/h6-15,21-25,27-28H,16-18H2,1-5H3/t21-,22-,23-,24-,25?/m1/s1. The lowest BCUT2D eigenvalue weighted by molar-refractivity contribution is -0.304. The van der Waals surface area contributed by atoms with Crippen LogP contribution in [0.5, 0.6) is 0 Å². The lowest BCUT2D eigenvalue weighted by Crippen LogP contribution is -2.61. The number of hydrogen-bond donors (Lipinski definition) is 2. The monoisotopic (exact) mass is 474 g/mol. The third kappa shape index (κ3) is 6.96. The molecule has 0 spiro atoms. The molecule has 3 rings (SSSR count). The van der Waals surface area contributed by atoms with Crippen LogP contribution in [-0.2, 0) is 31.9 Å². The summed E-state index contributed by atoms with van der Waals surface area (Å²) >= 11 is 0. The van der Waals surface area contributed by atoms with Crippen molar-refractivity contribution in [2.45, 2.75) is 82.8 Å². The lowest BCUT2D eigenvalue weighted by Gasteiger charge is -2.44. The smallest absolute Gasteiger partial charge is 0.192 e. The van der Waals surface area contributed by atoms with Gasteiger partial charge in [0.15, 0.2) is 14.6 Å². The second-order valence-corrected chi connectivity index (χ2v) is 15.0. The Kier molecular flexibility index (Phi) is 8.86. The van der Waals surface area contributed by atoms with Crippen molar-refractivity contribution in [2.24, 2.45) is 0 Å². The Bertz CT molecular complexity index is 839. The molecule has 2 N–H and O–H groups in total. The van der Waals surface area contributed by atoms with E-state index in [1.807, 2.05) is 60.7 Å². The minimum atomic E-state index is -2.06. The Balaban J connectivity index is 1.78. The fraction of sp³-hybridized carbons (Fsp3) is 0.538. The summed E-state index contributed by atoms with van der Waals surface area (Å²) in [6.07, 6.45) is -4.58. The molecule has 0 aromatic heterocycles. The van der Waals surface area contributed by atoms with Crippen molar-refractivity contribution in [1.82, 2.24) is 0 Å². The zero-order valence-corrected chi connectivity index (χ0v) is 21.3. The molecule has 2 aromatic rings. The molecule has 1 aliphatic rings. The Labute approximate surface area is 198 Å². The van der Waals surface area contributed by atoms with Gasteiger partial charge in [-0.25, -0.2) is 0 Å². The van der Waals surface area contributed by atoms with Gasteiger partial charge in [-0.15, -0.1) is 0 Å². The van der Waals surface area contributed by atoms with Gasteiger partial charge >= 0.3 is 0 Å². The quantitative estimate of drug-likeness (QED) is 0.529. The summed E-state index contributed by atoms with van der Waals surface area (Å²) in [6.45, 7) is 11.7. The summed E-state index contributed by atoms with van der Waals surface area (Å²) in [6, 6.07) is 19.6. The molecule has 0 aliphatic carbocycles. The fourth-order valence-corrected chi connectivity index (χ4v) is 4.49. The number of ether oxygens (including phenoxy) is 3. The molecule has 0 amide bonds. The van der Waals surface area contributed by atoms with Gasteiger partial charge in [-0.2, -0.15) is 0 Å². The normalized spacial score (nSPS) is 26.3. The largest absolute Gasteiger partial charge is 0.414 e. The van der Waals surface area contributed by atoms with Gasteiger partial charge in [0.05, 0.1) is 19.8 Å². The molecule has 1 unspecified atom stereocenters. The van der Waals surface area contributed by atoms with E-state index in [9.17, 15) is 10.2 Å². The van der Waals surface area contributed by atoms with E-state index >= 15 is 0 Å². The van der Waals surface area contributed by atoms with E-state index in [2.05, 4.69) is 33.9 Å². The molecule has 33 heavy (non-hydrogen) atoms. The van der Waals surface area contributed by atoms with Crippen molar-refractivity contribution in [2.75, 3.05) is 6.61 Å². The van der Waals surface area contributed by atoms with Gasteiger partial charge < -0.3 is 28.8 Å². The van der Waals surface area contributed by atoms with Crippen LogP contribution in [-0.4, -0.2) is 55.8 Å². The summed E-state index contributed by atoms with van der Waals surface area (Å²) in [7, 11) is -2.06. The second kappa shape index (κ2) is 11.2. The molecule has 6 nitrogen and oxygen atoms in total. The van der Waals surface area contributed by atoms with Crippen molar-refractivity contribution < 1.29 is 28.8 Å². The Morgan fingerprint density at radius 2 is 1.30 bits per heavy atom. The average Bonchev–Trinajstić information content (AvgIpc) is 2.78. The molecule has 1 aliphatic heterocycles. The van der Waals surface area contributed by atoms with Crippen molar-refractivity contribution in [3.63, 3.8) is 0 Å². The van der Waals surface area contributed by atoms with Crippen LogP contribution < -0.4 is 0 Å². The van der Waals surface area contributed by atoms with Gasteiger partial charge in [0.2, 0.25) is 0 Å². The summed E-state index contributed by atoms with van der Waals surface area (Å²) in [5.74, 6) is 0. The number of aliphatic hydroxyl groups excluding tert-OH is 2. The zero-order valence-electron chi connectivity index (χ0n) is 20.3. The first kappa shape index (κ1) is 26.0. The SMILES string of the molecule is CC(C)(C)[Si](C)(C)OC[C@H]1OC(O)[C@H](O)[C@@H](OCc2ccccc2)[C@@H]1OCc1ccccc1. The average molecular weight is 475 g/mol. The zero-order chi connectivity index (χ0) is 24.1. The first-order valence-corrected chi connectivity index (χ1v) is 14.5. The van der Waals surface area contributed by atoms with Crippen LogP contribution in [0.15, 0.2) is 60.7 Å². The summed E-state index contributed by atoms with van der Waals surface area (Å²) < 4.78 is 24.6. The Morgan fingerprint density at radius 3 is 1.79 bits per heavy atom. The van der Waals surface area contributed by atoms with Gasteiger partial charge in [-0.05, 0) is 29.3 Å². The van der Waals surface area contributed by atoms with Gasteiger partial charge in [-0.3, -0.25) is 0 Å². The summed E-state index contributed by atoms with van der Waals surface area (Å²) in [5.41, 5.74) is 1.98. The highest BCUT2D eigenvalue weighted by Gasteiger charge is 2.47. The third-order valence-electron chi connectivity index (χ3n) is 6.62. The molecule has 5 atom stereocenters. The van der Waals surface area contributed by atoms with Crippen LogP contribution in [0.1, 0.15) is 31.9 Å². The van der Waals surface area contributed by atoms with E-state index in [-0.39, 0.29) is 18.3 Å². The van der Waals surface area contributed by atoms with Crippen LogP contribution in [0.25, 0.3) is 0 Å². The molecule has 1 fully saturated rings. The molecular weight excluding hydrogens is 436 g/mol. The minimum Gasteiger partial charge on any atom is -0.414 e. The highest BCUT2D eigenvalue weighted by Crippen LogP contribution is 2.37. The predicted octanol–water partition coefficient (Wildman–Crippen LogP) is 4.26. The molecule has 7 heteroatoms. The first-order valence-electron chi connectivity index (χ1n) is 11.5. The Hall–Kier alpha value is -1.58. The minimum absolute atomic E-state index is 0.0312. The van der Waals surface area contributed by atoms with Crippen molar-refractivity contribution >= 4 is 8.32 Å². The van der Waals surface area contributed by atoms with Gasteiger partial charge in [0.1, 0.15) is 24.4 Å². The molecule has 182 valence electrons. The van der Waals surface area contributed by atoms with E-state index in [1.54, 1.807) is 0 Å². The van der Waals surface area contributed by atoms with Gasteiger partial charge in [0, 0.05) is 0 Å². The number of aliphatic hydroxyl groups is 2. The highest BCUT2D eigenvalue weighted by molar-refractivity contribution is 6.74. The molecule has 0 radical (unpaired) electrons. The number of rotatable bonds is 9. The van der Waals surface area contributed by atoms with E-state index in [0.29, 0.717) is 6.61 Å². The predicted molar refractivity (Wildman–Crippen MR) is 130 cm³/mol. The maximum absolute atomic E-state index is 10.7. The summed E-state index contributed by atoms with van der Waals surface area (Å²) in [5, 5.41) is 21.2. The third-order valence-corrected chi connectivity index (χ3v) is 11.1. The van der Waals surface area contributed by atoms with Crippen molar-refractivity contribution in [3.8, 4) is 0 Å². The first-order chi connectivity index (χ1) is 15.6. The maximum Gasteiger partial charge on any atom is 0.192 e. The van der Waals surface area contributed by atoms with Crippen LogP contribution in [0.2, 0.25) is 18.1 Å². The lowest BCUT2D eigenvalue weighted by atomic mass is 9.98. The molecular formula is C26H38O6Si. The molecule has 0 saturated carbocycles. The van der Waals surface area contributed by atoms with E-state index in [1.165, 1.54) is 0 Å². The summed E-state index contributed by atoms with van der Waals surface area (Å²) in [4.78, 5) is 0. The van der Waals surface area contributed by atoms with E-state index < -0.39 is 39.0 Å². The van der Waals surface area contributed by atoms with E-state index in [0.717, 1.165) is 11.1 Å². The molecule has 2 aromatic carbocycles. The van der Waals surface area contributed by atoms with Crippen molar-refractivity contribution in [3.05, 3.63) is 71.8 Å². The van der Waals surface area contributed by atoms with Crippen LogP contribution in [0.4, 0.5) is 0 Å². The molecule has 1 saturated heterocycles. The van der Waals surface area contributed by atoms with Crippen LogP contribution in [0.3, 0.4) is 0 Å². The second-order valence-electron chi connectivity index (χ2n) is 10.1. The van der Waals surface area contributed by atoms with Crippen LogP contribution in [0, 0.1) is 0 Å². The molecule has 1 heterocycles. The molecule has 0 bridgehead atoms.